The molecule has 2 aromatic carbocycles. The van der Waals surface area contributed by atoms with Gasteiger partial charge in [-0.1, -0.05) is 54.4 Å². The Morgan fingerprint density at radius 3 is 2.65 bits per heavy atom. The molecule has 3 aromatic rings. The third-order valence-corrected chi connectivity index (χ3v) is 4.27. The normalized spacial score (nSPS) is 11.2. The van der Waals surface area contributed by atoms with Crippen LogP contribution in [0.1, 0.15) is 18.3 Å². The van der Waals surface area contributed by atoms with Gasteiger partial charge in [0.25, 0.3) is 0 Å². The summed E-state index contributed by atoms with van der Waals surface area (Å²) in [6.45, 7) is 2.79. The molecule has 0 unspecified atom stereocenters. The Morgan fingerprint density at radius 2 is 1.85 bits per heavy atom. The molecule has 3 rings (SSSR count). The Morgan fingerprint density at radius 1 is 1.05 bits per heavy atom. The SMILES string of the molecule is CCc1nc2ccccc2n1Cc1cccc(Cl)c1Cl. The summed E-state index contributed by atoms with van der Waals surface area (Å²) < 4.78 is 2.20. The molecule has 102 valence electrons. The first-order chi connectivity index (χ1) is 9.70. The van der Waals surface area contributed by atoms with E-state index in [4.69, 9.17) is 23.2 Å². The minimum Gasteiger partial charge on any atom is -0.323 e. The number of hydrogen-bond donors (Lipinski definition) is 0. The first-order valence-corrected chi connectivity index (χ1v) is 7.33. The zero-order valence-corrected chi connectivity index (χ0v) is 12.6. The van der Waals surface area contributed by atoms with Crippen LogP contribution in [0.25, 0.3) is 11.0 Å². The summed E-state index contributed by atoms with van der Waals surface area (Å²) in [6, 6.07) is 13.9. The van der Waals surface area contributed by atoms with E-state index in [1.165, 1.54) is 0 Å². The highest BCUT2D eigenvalue weighted by molar-refractivity contribution is 6.42. The standard InChI is InChI=1S/C16H14Cl2N2/c1-2-15-19-13-8-3-4-9-14(13)20(15)10-11-6-5-7-12(17)16(11)18/h3-9H,2,10H2,1H3. The Labute approximate surface area is 128 Å². The van der Waals surface area contributed by atoms with Crippen molar-refractivity contribution in [2.24, 2.45) is 0 Å². The molecular formula is C16H14Cl2N2. The predicted octanol–water partition coefficient (Wildman–Crippen LogP) is 4.95. The lowest BCUT2D eigenvalue weighted by Crippen LogP contribution is -2.05. The van der Waals surface area contributed by atoms with E-state index in [1.54, 1.807) is 6.07 Å². The molecule has 0 N–H and O–H groups in total. The van der Waals surface area contributed by atoms with E-state index in [0.717, 1.165) is 28.8 Å². The lowest BCUT2D eigenvalue weighted by Gasteiger charge is -2.10. The molecule has 0 aliphatic heterocycles. The summed E-state index contributed by atoms with van der Waals surface area (Å²) in [5.74, 6) is 1.06. The van der Waals surface area contributed by atoms with Crippen LogP contribution in [0.15, 0.2) is 42.5 Å². The van der Waals surface area contributed by atoms with Crippen molar-refractivity contribution in [1.29, 1.82) is 0 Å². The molecule has 20 heavy (non-hydrogen) atoms. The molecule has 0 fully saturated rings. The van der Waals surface area contributed by atoms with Crippen molar-refractivity contribution in [2.45, 2.75) is 19.9 Å². The van der Waals surface area contributed by atoms with Crippen LogP contribution < -0.4 is 0 Å². The maximum atomic E-state index is 6.29. The molecule has 0 atom stereocenters. The number of hydrogen-bond acceptors (Lipinski definition) is 1. The summed E-state index contributed by atoms with van der Waals surface area (Å²) in [6.07, 6.45) is 0.882. The van der Waals surface area contributed by atoms with Gasteiger partial charge >= 0.3 is 0 Å². The van der Waals surface area contributed by atoms with Crippen molar-refractivity contribution >= 4 is 34.2 Å². The maximum Gasteiger partial charge on any atom is 0.109 e. The van der Waals surface area contributed by atoms with Gasteiger partial charge < -0.3 is 4.57 Å². The lowest BCUT2D eigenvalue weighted by atomic mass is 10.2. The minimum absolute atomic E-state index is 0.589. The minimum atomic E-state index is 0.589. The summed E-state index contributed by atoms with van der Waals surface area (Å²) in [7, 11) is 0. The van der Waals surface area contributed by atoms with Gasteiger partial charge in [-0.15, -0.1) is 0 Å². The van der Waals surface area contributed by atoms with E-state index in [9.17, 15) is 0 Å². The largest absolute Gasteiger partial charge is 0.323 e. The van der Waals surface area contributed by atoms with Crippen molar-refractivity contribution in [1.82, 2.24) is 9.55 Å². The van der Waals surface area contributed by atoms with E-state index in [1.807, 2.05) is 30.3 Å². The van der Waals surface area contributed by atoms with Crippen LogP contribution in [-0.2, 0) is 13.0 Å². The summed E-state index contributed by atoms with van der Waals surface area (Å²) in [5, 5.41) is 1.21. The van der Waals surface area contributed by atoms with Crippen molar-refractivity contribution < 1.29 is 0 Å². The van der Waals surface area contributed by atoms with E-state index in [2.05, 4.69) is 22.5 Å². The fourth-order valence-corrected chi connectivity index (χ4v) is 2.79. The molecule has 4 heteroatoms. The summed E-state index contributed by atoms with van der Waals surface area (Å²) >= 11 is 12.4. The Hall–Kier alpha value is -1.51. The number of aromatic nitrogens is 2. The molecule has 0 aliphatic carbocycles. The lowest BCUT2D eigenvalue weighted by molar-refractivity contribution is 0.753. The van der Waals surface area contributed by atoms with E-state index < -0.39 is 0 Å². The Bertz CT molecular complexity index is 762. The van der Waals surface area contributed by atoms with Crippen LogP contribution in [0.4, 0.5) is 0 Å². The van der Waals surface area contributed by atoms with Crippen molar-refractivity contribution in [3.8, 4) is 0 Å². The first-order valence-electron chi connectivity index (χ1n) is 6.57. The Balaban J connectivity index is 2.12. The molecule has 0 saturated carbocycles. The van der Waals surface area contributed by atoms with E-state index in [0.29, 0.717) is 16.6 Å². The predicted molar refractivity (Wildman–Crippen MR) is 84.7 cm³/mol. The summed E-state index contributed by atoms with van der Waals surface area (Å²) in [5.41, 5.74) is 3.15. The van der Waals surface area contributed by atoms with Crippen molar-refractivity contribution in [3.63, 3.8) is 0 Å². The topological polar surface area (TPSA) is 17.8 Å². The van der Waals surface area contributed by atoms with Gasteiger partial charge in [0.2, 0.25) is 0 Å². The second kappa shape index (κ2) is 5.47. The molecule has 0 bridgehead atoms. The van der Waals surface area contributed by atoms with E-state index >= 15 is 0 Å². The number of benzene rings is 2. The van der Waals surface area contributed by atoms with Crippen LogP contribution in [0, 0.1) is 0 Å². The number of para-hydroxylation sites is 2. The zero-order valence-electron chi connectivity index (χ0n) is 11.1. The van der Waals surface area contributed by atoms with Crippen LogP contribution >= 0.6 is 23.2 Å². The number of rotatable bonds is 3. The smallest absolute Gasteiger partial charge is 0.109 e. The molecule has 0 radical (unpaired) electrons. The third-order valence-electron chi connectivity index (χ3n) is 3.41. The van der Waals surface area contributed by atoms with Gasteiger partial charge in [0, 0.05) is 6.42 Å². The fourth-order valence-electron chi connectivity index (χ4n) is 2.41. The average molecular weight is 305 g/mol. The number of nitrogens with zero attached hydrogens (tertiary/aromatic N) is 2. The van der Waals surface area contributed by atoms with Crippen LogP contribution in [0.2, 0.25) is 10.0 Å². The van der Waals surface area contributed by atoms with Crippen LogP contribution in [0.5, 0.6) is 0 Å². The quantitative estimate of drug-likeness (QED) is 0.669. The number of imidazole rings is 1. The molecule has 0 aliphatic rings. The maximum absolute atomic E-state index is 6.29. The van der Waals surface area contributed by atoms with Gasteiger partial charge in [0.05, 0.1) is 27.6 Å². The zero-order chi connectivity index (χ0) is 14.1. The van der Waals surface area contributed by atoms with Crippen LogP contribution in [0.3, 0.4) is 0 Å². The number of halogens is 2. The summed E-state index contributed by atoms with van der Waals surface area (Å²) in [4.78, 5) is 4.67. The van der Waals surface area contributed by atoms with Gasteiger partial charge in [-0.05, 0) is 23.8 Å². The highest BCUT2D eigenvalue weighted by atomic mass is 35.5. The van der Waals surface area contributed by atoms with Crippen molar-refractivity contribution in [2.75, 3.05) is 0 Å². The van der Waals surface area contributed by atoms with Gasteiger partial charge in [-0.25, -0.2) is 4.98 Å². The fraction of sp³-hybridized carbons (Fsp3) is 0.188. The Kier molecular flexibility index (Phi) is 3.68. The first kappa shape index (κ1) is 13.5. The average Bonchev–Trinajstić information content (AvgIpc) is 2.82. The monoisotopic (exact) mass is 304 g/mol. The van der Waals surface area contributed by atoms with Gasteiger partial charge in [-0.2, -0.15) is 0 Å². The molecule has 0 spiro atoms. The number of aryl methyl sites for hydroxylation is 1. The second-order valence-electron chi connectivity index (χ2n) is 4.67. The molecule has 0 amide bonds. The van der Waals surface area contributed by atoms with E-state index in [-0.39, 0.29) is 0 Å². The molecule has 1 heterocycles. The number of fused-ring (bicyclic) bond motifs is 1. The van der Waals surface area contributed by atoms with Gasteiger partial charge in [0.1, 0.15) is 5.82 Å². The molecule has 1 aromatic heterocycles. The van der Waals surface area contributed by atoms with Crippen LogP contribution in [-0.4, -0.2) is 9.55 Å². The highest BCUT2D eigenvalue weighted by Gasteiger charge is 2.11. The van der Waals surface area contributed by atoms with Gasteiger partial charge in [0.15, 0.2) is 0 Å². The molecule has 0 saturated heterocycles. The molecule has 2 nitrogen and oxygen atoms in total. The third kappa shape index (κ3) is 2.30. The highest BCUT2D eigenvalue weighted by Crippen LogP contribution is 2.27. The molecular weight excluding hydrogens is 291 g/mol. The van der Waals surface area contributed by atoms with Gasteiger partial charge in [-0.3, -0.25) is 0 Å². The van der Waals surface area contributed by atoms with Crippen molar-refractivity contribution in [3.05, 3.63) is 63.9 Å². The second-order valence-corrected chi connectivity index (χ2v) is 5.45.